The van der Waals surface area contributed by atoms with Crippen LogP contribution >= 0.6 is 15.9 Å². The van der Waals surface area contributed by atoms with E-state index >= 15 is 0 Å². The molecule has 2 atom stereocenters. The zero-order valence-electron chi connectivity index (χ0n) is 12.4. The molecule has 1 aromatic rings. The van der Waals surface area contributed by atoms with Gasteiger partial charge in [0, 0.05) is 17.1 Å². The van der Waals surface area contributed by atoms with Crippen molar-refractivity contribution < 1.29 is 9.90 Å². The van der Waals surface area contributed by atoms with Crippen molar-refractivity contribution in [1.82, 2.24) is 4.90 Å². The SMILES string of the molecule is CC1(C(=O)O)CCCN(C2CCc3cc(Br)ccc3C2)C1. The van der Waals surface area contributed by atoms with Gasteiger partial charge in [-0.2, -0.15) is 0 Å². The lowest BCUT2D eigenvalue weighted by atomic mass is 9.79. The van der Waals surface area contributed by atoms with Crippen LogP contribution in [-0.2, 0) is 17.6 Å². The van der Waals surface area contributed by atoms with Crippen molar-refractivity contribution in [1.29, 1.82) is 0 Å². The van der Waals surface area contributed by atoms with Gasteiger partial charge in [-0.3, -0.25) is 9.69 Å². The predicted octanol–water partition coefficient (Wildman–Crippen LogP) is 3.49. The van der Waals surface area contributed by atoms with Gasteiger partial charge in [0.25, 0.3) is 0 Å². The number of carbonyl (C=O) groups is 1. The normalized spacial score (nSPS) is 29.9. The third-order valence-corrected chi connectivity index (χ3v) is 5.62. The van der Waals surface area contributed by atoms with Gasteiger partial charge < -0.3 is 5.11 Å². The van der Waals surface area contributed by atoms with Crippen LogP contribution < -0.4 is 0 Å². The summed E-state index contributed by atoms with van der Waals surface area (Å²) in [4.78, 5) is 13.9. The van der Waals surface area contributed by atoms with Crippen molar-refractivity contribution in [2.75, 3.05) is 13.1 Å². The Labute approximate surface area is 134 Å². The van der Waals surface area contributed by atoms with Crippen molar-refractivity contribution in [2.45, 2.75) is 45.1 Å². The summed E-state index contributed by atoms with van der Waals surface area (Å²) < 4.78 is 1.15. The fourth-order valence-electron chi connectivity index (χ4n) is 3.78. The Kier molecular flexibility index (Phi) is 4.10. The van der Waals surface area contributed by atoms with E-state index in [1.54, 1.807) is 0 Å². The van der Waals surface area contributed by atoms with Crippen LogP contribution in [0.1, 0.15) is 37.3 Å². The quantitative estimate of drug-likeness (QED) is 0.886. The molecule has 1 aliphatic heterocycles. The molecule has 3 rings (SSSR count). The monoisotopic (exact) mass is 351 g/mol. The van der Waals surface area contributed by atoms with Gasteiger partial charge in [-0.05, 0) is 68.8 Å². The van der Waals surface area contributed by atoms with E-state index in [-0.39, 0.29) is 0 Å². The van der Waals surface area contributed by atoms with Crippen LogP contribution in [0.15, 0.2) is 22.7 Å². The van der Waals surface area contributed by atoms with Crippen LogP contribution in [0.25, 0.3) is 0 Å². The van der Waals surface area contributed by atoms with Gasteiger partial charge in [-0.15, -0.1) is 0 Å². The van der Waals surface area contributed by atoms with Gasteiger partial charge in [0.05, 0.1) is 5.41 Å². The minimum atomic E-state index is -0.646. The van der Waals surface area contributed by atoms with E-state index in [9.17, 15) is 9.90 Å². The fourth-order valence-corrected chi connectivity index (χ4v) is 4.19. The largest absolute Gasteiger partial charge is 0.481 e. The molecule has 2 aliphatic rings. The first-order valence-corrected chi connectivity index (χ1v) is 8.52. The number of aliphatic carboxylic acids is 1. The predicted molar refractivity (Wildman–Crippen MR) is 86.5 cm³/mol. The lowest BCUT2D eigenvalue weighted by Crippen LogP contribution is -2.51. The zero-order valence-corrected chi connectivity index (χ0v) is 14.0. The third kappa shape index (κ3) is 3.02. The van der Waals surface area contributed by atoms with Gasteiger partial charge in [0.15, 0.2) is 0 Å². The summed E-state index contributed by atoms with van der Waals surface area (Å²) in [6.45, 7) is 3.63. The topological polar surface area (TPSA) is 40.5 Å². The first-order valence-electron chi connectivity index (χ1n) is 7.73. The van der Waals surface area contributed by atoms with E-state index in [4.69, 9.17) is 0 Å². The average Bonchev–Trinajstić information content (AvgIpc) is 2.46. The number of hydrogen-bond donors (Lipinski definition) is 1. The third-order valence-electron chi connectivity index (χ3n) is 5.13. The molecule has 114 valence electrons. The average molecular weight is 352 g/mol. The lowest BCUT2D eigenvalue weighted by molar-refractivity contribution is -0.151. The number of benzene rings is 1. The molecule has 1 heterocycles. The number of carboxylic acid groups (broad SMARTS) is 1. The summed E-state index contributed by atoms with van der Waals surface area (Å²) >= 11 is 3.54. The lowest BCUT2D eigenvalue weighted by Gasteiger charge is -2.43. The molecule has 3 nitrogen and oxygen atoms in total. The summed E-state index contributed by atoms with van der Waals surface area (Å²) in [5, 5.41) is 9.47. The summed E-state index contributed by atoms with van der Waals surface area (Å²) in [6.07, 6.45) is 5.08. The minimum Gasteiger partial charge on any atom is -0.481 e. The molecule has 1 N–H and O–H groups in total. The summed E-state index contributed by atoms with van der Waals surface area (Å²) in [6, 6.07) is 7.05. The molecule has 4 heteroatoms. The van der Waals surface area contributed by atoms with Crippen LogP contribution in [0.3, 0.4) is 0 Å². The number of nitrogens with zero attached hydrogens (tertiary/aromatic N) is 1. The maximum Gasteiger partial charge on any atom is 0.310 e. The Morgan fingerprint density at radius 1 is 1.43 bits per heavy atom. The van der Waals surface area contributed by atoms with E-state index < -0.39 is 11.4 Å². The maximum absolute atomic E-state index is 11.5. The molecule has 0 saturated carbocycles. The van der Waals surface area contributed by atoms with E-state index in [2.05, 4.69) is 39.0 Å². The number of piperidine rings is 1. The van der Waals surface area contributed by atoms with E-state index in [1.165, 1.54) is 11.1 Å². The van der Waals surface area contributed by atoms with Gasteiger partial charge in [0.1, 0.15) is 0 Å². The molecule has 0 aromatic heterocycles. The summed E-state index contributed by atoms with van der Waals surface area (Å²) in [5.74, 6) is -0.646. The first-order chi connectivity index (χ1) is 9.98. The molecule has 0 bridgehead atoms. The zero-order chi connectivity index (χ0) is 15.0. The summed E-state index contributed by atoms with van der Waals surface area (Å²) in [5.41, 5.74) is 2.30. The highest BCUT2D eigenvalue weighted by Crippen LogP contribution is 2.34. The molecule has 0 radical (unpaired) electrons. The number of rotatable bonds is 2. The van der Waals surface area contributed by atoms with Crippen molar-refractivity contribution in [3.8, 4) is 0 Å². The Balaban J connectivity index is 1.74. The van der Waals surface area contributed by atoms with Crippen molar-refractivity contribution in [3.63, 3.8) is 0 Å². The standard InChI is InChI=1S/C17H22BrNO2/c1-17(16(20)21)7-2-8-19(11-17)15-6-4-12-9-14(18)5-3-13(12)10-15/h3,5,9,15H,2,4,6-8,10-11H2,1H3,(H,20,21). The molecule has 21 heavy (non-hydrogen) atoms. The smallest absolute Gasteiger partial charge is 0.310 e. The highest BCUT2D eigenvalue weighted by Gasteiger charge is 2.40. The van der Waals surface area contributed by atoms with E-state index in [0.29, 0.717) is 12.6 Å². The highest BCUT2D eigenvalue weighted by molar-refractivity contribution is 9.10. The van der Waals surface area contributed by atoms with Crippen molar-refractivity contribution >= 4 is 21.9 Å². The molecule has 2 unspecified atom stereocenters. The Morgan fingerprint density at radius 3 is 3.00 bits per heavy atom. The molecule has 1 saturated heterocycles. The van der Waals surface area contributed by atoms with Crippen LogP contribution in [0.5, 0.6) is 0 Å². The number of hydrogen-bond acceptors (Lipinski definition) is 2. The number of likely N-dealkylation sites (tertiary alicyclic amines) is 1. The number of fused-ring (bicyclic) bond motifs is 1. The molecule has 0 spiro atoms. The number of halogens is 1. The molecule has 1 fully saturated rings. The van der Waals surface area contributed by atoms with Gasteiger partial charge >= 0.3 is 5.97 Å². The van der Waals surface area contributed by atoms with Gasteiger partial charge in [-0.25, -0.2) is 0 Å². The van der Waals surface area contributed by atoms with Crippen LogP contribution in [0.2, 0.25) is 0 Å². The van der Waals surface area contributed by atoms with Crippen molar-refractivity contribution in [2.24, 2.45) is 5.41 Å². The molecular formula is C17H22BrNO2. The van der Waals surface area contributed by atoms with Gasteiger partial charge in [-0.1, -0.05) is 22.0 Å². The maximum atomic E-state index is 11.5. The molecule has 1 aromatic carbocycles. The van der Waals surface area contributed by atoms with Gasteiger partial charge in [0.2, 0.25) is 0 Å². The first kappa shape index (κ1) is 15.0. The molecule has 1 aliphatic carbocycles. The minimum absolute atomic E-state index is 0.498. The number of aryl methyl sites for hydroxylation is 1. The van der Waals surface area contributed by atoms with Crippen LogP contribution in [0.4, 0.5) is 0 Å². The second-order valence-corrected chi connectivity index (χ2v) is 7.67. The highest BCUT2D eigenvalue weighted by atomic mass is 79.9. The fraction of sp³-hybridized carbons (Fsp3) is 0.588. The van der Waals surface area contributed by atoms with Crippen molar-refractivity contribution in [3.05, 3.63) is 33.8 Å². The number of carboxylic acids is 1. The Hall–Kier alpha value is -0.870. The van der Waals surface area contributed by atoms with E-state index in [0.717, 1.165) is 43.1 Å². The Bertz CT molecular complexity index is 560. The molecule has 0 amide bonds. The Morgan fingerprint density at radius 2 is 2.24 bits per heavy atom. The summed E-state index contributed by atoms with van der Waals surface area (Å²) in [7, 11) is 0. The van der Waals surface area contributed by atoms with Crippen LogP contribution in [-0.4, -0.2) is 35.1 Å². The van der Waals surface area contributed by atoms with E-state index in [1.807, 2.05) is 6.92 Å². The second kappa shape index (κ2) is 5.73. The van der Waals surface area contributed by atoms with Crippen LogP contribution in [0, 0.1) is 5.41 Å². The molecular weight excluding hydrogens is 330 g/mol. The second-order valence-electron chi connectivity index (χ2n) is 6.75.